The second-order valence-corrected chi connectivity index (χ2v) is 6.81. The van der Waals surface area contributed by atoms with Crippen molar-refractivity contribution in [2.24, 2.45) is 0 Å². The predicted molar refractivity (Wildman–Crippen MR) is 100 cm³/mol. The lowest BCUT2D eigenvalue weighted by Crippen LogP contribution is -2.24. The molecule has 0 radical (unpaired) electrons. The number of amides is 1. The Bertz CT molecular complexity index is 606. The van der Waals surface area contributed by atoms with Gasteiger partial charge in [-0.3, -0.25) is 4.79 Å². The van der Waals surface area contributed by atoms with Gasteiger partial charge in [0, 0.05) is 19.5 Å². The minimum absolute atomic E-state index is 0.191. The van der Waals surface area contributed by atoms with Crippen LogP contribution in [0.3, 0.4) is 0 Å². The van der Waals surface area contributed by atoms with E-state index in [1.807, 2.05) is 27.7 Å². The second-order valence-electron chi connectivity index (χ2n) is 6.81. The van der Waals surface area contributed by atoms with Crippen LogP contribution in [0.4, 0.5) is 11.4 Å². The van der Waals surface area contributed by atoms with Crippen molar-refractivity contribution in [3.8, 4) is 5.75 Å². The maximum atomic E-state index is 12.6. The van der Waals surface area contributed by atoms with E-state index in [9.17, 15) is 9.59 Å². The summed E-state index contributed by atoms with van der Waals surface area (Å²) in [5.41, 5.74) is 0.970. The van der Waals surface area contributed by atoms with Crippen LogP contribution in [0.15, 0.2) is 12.1 Å². The first-order chi connectivity index (χ1) is 11.7. The number of anilines is 2. The SMILES string of the molecule is CCCCOc1cc(NC(C)=O)c(NCC)cc1C(=O)OC(C)(C)C. The highest BCUT2D eigenvalue weighted by atomic mass is 16.6. The molecule has 0 saturated carbocycles. The summed E-state index contributed by atoms with van der Waals surface area (Å²) in [6, 6.07) is 3.35. The summed E-state index contributed by atoms with van der Waals surface area (Å²) in [6.07, 6.45) is 1.86. The molecular weight excluding hydrogens is 320 g/mol. The van der Waals surface area contributed by atoms with Crippen LogP contribution in [-0.4, -0.2) is 30.6 Å². The maximum absolute atomic E-state index is 12.6. The Labute approximate surface area is 150 Å². The summed E-state index contributed by atoms with van der Waals surface area (Å²) in [5.74, 6) is -0.232. The van der Waals surface area contributed by atoms with Gasteiger partial charge in [0.05, 0.1) is 18.0 Å². The molecule has 25 heavy (non-hydrogen) atoms. The number of esters is 1. The Kier molecular flexibility index (Phi) is 7.74. The van der Waals surface area contributed by atoms with Gasteiger partial charge in [-0.05, 0) is 40.2 Å². The van der Waals surface area contributed by atoms with Crippen LogP contribution in [-0.2, 0) is 9.53 Å². The van der Waals surface area contributed by atoms with Crippen LogP contribution in [0.25, 0.3) is 0 Å². The van der Waals surface area contributed by atoms with Crippen molar-refractivity contribution in [2.45, 2.75) is 60.0 Å². The van der Waals surface area contributed by atoms with Gasteiger partial charge in [0.1, 0.15) is 16.9 Å². The lowest BCUT2D eigenvalue weighted by atomic mass is 10.1. The van der Waals surface area contributed by atoms with Crippen LogP contribution in [0.5, 0.6) is 5.75 Å². The summed E-state index contributed by atoms with van der Waals surface area (Å²) in [7, 11) is 0. The molecule has 0 atom stereocenters. The van der Waals surface area contributed by atoms with Crippen molar-refractivity contribution in [2.75, 3.05) is 23.8 Å². The number of ether oxygens (including phenoxy) is 2. The molecule has 1 rings (SSSR count). The number of hydrogen-bond donors (Lipinski definition) is 2. The maximum Gasteiger partial charge on any atom is 0.342 e. The van der Waals surface area contributed by atoms with E-state index in [1.165, 1.54) is 6.92 Å². The van der Waals surface area contributed by atoms with Gasteiger partial charge in [-0.2, -0.15) is 0 Å². The Hall–Kier alpha value is -2.24. The first kappa shape index (κ1) is 20.8. The summed E-state index contributed by atoms with van der Waals surface area (Å²) < 4.78 is 11.3. The van der Waals surface area contributed by atoms with Crippen LogP contribution in [0.1, 0.15) is 64.7 Å². The highest BCUT2D eigenvalue weighted by molar-refractivity contribution is 5.99. The molecule has 6 heteroatoms. The van der Waals surface area contributed by atoms with Crippen molar-refractivity contribution in [1.82, 2.24) is 0 Å². The third-order valence-electron chi connectivity index (χ3n) is 3.17. The Morgan fingerprint density at radius 2 is 1.80 bits per heavy atom. The van der Waals surface area contributed by atoms with Gasteiger partial charge >= 0.3 is 5.97 Å². The molecule has 0 aliphatic heterocycles. The van der Waals surface area contributed by atoms with Crippen molar-refractivity contribution >= 4 is 23.3 Å². The molecular formula is C19H30N2O4. The van der Waals surface area contributed by atoms with E-state index in [2.05, 4.69) is 17.6 Å². The standard InChI is InChI=1S/C19H30N2O4/c1-7-9-10-24-17-12-16(21-13(3)22)15(20-8-2)11-14(17)18(23)25-19(4,5)6/h11-12,20H,7-10H2,1-6H3,(H,21,22). The average Bonchev–Trinajstić information content (AvgIpc) is 2.47. The van der Waals surface area contributed by atoms with Crippen molar-refractivity contribution in [1.29, 1.82) is 0 Å². The monoisotopic (exact) mass is 350 g/mol. The minimum Gasteiger partial charge on any atom is -0.493 e. The normalized spacial score (nSPS) is 11.0. The molecule has 0 fully saturated rings. The third kappa shape index (κ3) is 7.03. The van der Waals surface area contributed by atoms with E-state index >= 15 is 0 Å². The molecule has 0 aliphatic rings. The highest BCUT2D eigenvalue weighted by Crippen LogP contribution is 2.33. The lowest BCUT2D eigenvalue weighted by molar-refractivity contribution is -0.114. The van der Waals surface area contributed by atoms with E-state index in [-0.39, 0.29) is 5.91 Å². The molecule has 0 heterocycles. The molecule has 0 aromatic heterocycles. The highest BCUT2D eigenvalue weighted by Gasteiger charge is 2.23. The smallest absolute Gasteiger partial charge is 0.342 e. The number of hydrogen-bond acceptors (Lipinski definition) is 5. The summed E-state index contributed by atoms with van der Waals surface area (Å²) >= 11 is 0. The quantitative estimate of drug-likeness (QED) is 0.542. The lowest BCUT2D eigenvalue weighted by Gasteiger charge is -2.22. The van der Waals surface area contributed by atoms with Gasteiger partial charge in [0.2, 0.25) is 5.91 Å². The van der Waals surface area contributed by atoms with Crippen LogP contribution in [0.2, 0.25) is 0 Å². The summed E-state index contributed by atoms with van der Waals surface area (Å²) in [6.45, 7) is 12.0. The second kappa shape index (κ2) is 9.30. The van der Waals surface area contributed by atoms with Crippen molar-refractivity contribution < 1.29 is 19.1 Å². The van der Waals surface area contributed by atoms with Gasteiger partial charge < -0.3 is 20.1 Å². The zero-order valence-corrected chi connectivity index (χ0v) is 16.1. The number of rotatable bonds is 8. The number of carbonyl (C=O) groups is 2. The zero-order chi connectivity index (χ0) is 19.0. The zero-order valence-electron chi connectivity index (χ0n) is 16.1. The molecule has 0 bridgehead atoms. The van der Waals surface area contributed by atoms with Gasteiger partial charge in [-0.25, -0.2) is 4.79 Å². The molecule has 2 N–H and O–H groups in total. The van der Waals surface area contributed by atoms with Gasteiger partial charge in [-0.1, -0.05) is 13.3 Å². The number of nitrogens with one attached hydrogen (secondary N) is 2. The van der Waals surface area contributed by atoms with Crippen LogP contribution >= 0.6 is 0 Å². The van der Waals surface area contributed by atoms with Crippen LogP contribution < -0.4 is 15.4 Å². The summed E-state index contributed by atoms with van der Waals surface area (Å²) in [4.78, 5) is 24.1. The van der Waals surface area contributed by atoms with Crippen molar-refractivity contribution in [3.63, 3.8) is 0 Å². The topological polar surface area (TPSA) is 76.7 Å². The van der Waals surface area contributed by atoms with Crippen molar-refractivity contribution in [3.05, 3.63) is 17.7 Å². The van der Waals surface area contributed by atoms with E-state index in [0.717, 1.165) is 12.8 Å². The molecule has 0 saturated heterocycles. The fraction of sp³-hybridized carbons (Fsp3) is 0.579. The molecule has 1 aromatic carbocycles. The molecule has 6 nitrogen and oxygen atoms in total. The Morgan fingerprint density at radius 1 is 1.12 bits per heavy atom. The van der Waals surface area contributed by atoms with Gasteiger partial charge in [-0.15, -0.1) is 0 Å². The third-order valence-corrected chi connectivity index (χ3v) is 3.17. The first-order valence-electron chi connectivity index (χ1n) is 8.73. The molecule has 0 spiro atoms. The van der Waals surface area contributed by atoms with E-state index in [0.29, 0.717) is 35.8 Å². The number of carbonyl (C=O) groups excluding carboxylic acids is 2. The summed E-state index contributed by atoms with van der Waals surface area (Å²) in [5, 5.41) is 5.93. The van der Waals surface area contributed by atoms with Gasteiger partial charge in [0.25, 0.3) is 0 Å². The van der Waals surface area contributed by atoms with Gasteiger partial charge in [0.15, 0.2) is 0 Å². The Balaban J connectivity index is 3.30. The van der Waals surface area contributed by atoms with Crippen LogP contribution in [0, 0.1) is 0 Å². The number of benzene rings is 1. The van der Waals surface area contributed by atoms with E-state index in [4.69, 9.17) is 9.47 Å². The number of unbranched alkanes of at least 4 members (excludes halogenated alkanes) is 1. The average molecular weight is 350 g/mol. The fourth-order valence-corrected chi connectivity index (χ4v) is 2.15. The molecule has 1 amide bonds. The van der Waals surface area contributed by atoms with E-state index in [1.54, 1.807) is 12.1 Å². The predicted octanol–water partition coefficient (Wildman–Crippen LogP) is 4.21. The Morgan fingerprint density at radius 3 is 2.32 bits per heavy atom. The largest absolute Gasteiger partial charge is 0.493 e. The minimum atomic E-state index is -0.605. The van der Waals surface area contributed by atoms with E-state index < -0.39 is 11.6 Å². The molecule has 1 aromatic rings. The molecule has 0 unspecified atom stereocenters. The molecule has 0 aliphatic carbocycles. The molecule has 140 valence electrons. The first-order valence-corrected chi connectivity index (χ1v) is 8.73. The fourth-order valence-electron chi connectivity index (χ4n) is 2.15.